The fourth-order valence-corrected chi connectivity index (χ4v) is 7.10. The van der Waals surface area contributed by atoms with Crippen molar-refractivity contribution >= 4 is 34.8 Å². The van der Waals surface area contributed by atoms with E-state index in [4.69, 9.17) is 16.3 Å². The molecule has 3 aromatic rings. The van der Waals surface area contributed by atoms with Crippen molar-refractivity contribution in [1.82, 2.24) is 14.9 Å². The van der Waals surface area contributed by atoms with Crippen LogP contribution in [-0.2, 0) is 17.8 Å². The number of aliphatic hydroxyl groups is 1. The van der Waals surface area contributed by atoms with Gasteiger partial charge in [0.05, 0.1) is 49.6 Å². The Bertz CT molecular complexity index is 1310. The van der Waals surface area contributed by atoms with Crippen molar-refractivity contribution in [2.75, 3.05) is 31.1 Å². The normalized spacial score (nSPS) is 23.0. The molecule has 3 atom stereocenters. The van der Waals surface area contributed by atoms with Crippen LogP contribution in [0.3, 0.4) is 0 Å². The maximum atomic E-state index is 14.8. The van der Waals surface area contributed by atoms with Crippen LogP contribution in [-0.4, -0.2) is 52.1 Å². The average molecular weight is 571 g/mol. The third kappa shape index (κ3) is 6.05. The van der Waals surface area contributed by atoms with Crippen LogP contribution in [0.15, 0.2) is 42.0 Å². The number of anilines is 1. The number of benzene rings is 1. The SMILES string of the molecule is O=C(Cc1ccc(OCC[C@@H]2CC2C2CCN(c3ncc(Cl)cn3)CC2)cc1F)N1Cc2sccc2C(O)C1. The number of rotatable bonds is 8. The van der Waals surface area contributed by atoms with Crippen LogP contribution in [0.25, 0.3) is 0 Å². The molecule has 206 valence electrons. The number of piperidine rings is 1. The first-order valence-corrected chi connectivity index (χ1v) is 14.9. The number of hydrogen-bond donors (Lipinski definition) is 1. The summed E-state index contributed by atoms with van der Waals surface area (Å²) in [5.41, 5.74) is 1.24. The van der Waals surface area contributed by atoms with Crippen LogP contribution in [0, 0.1) is 23.6 Å². The molecule has 4 heterocycles. The van der Waals surface area contributed by atoms with Crippen LogP contribution >= 0.6 is 22.9 Å². The quantitative estimate of drug-likeness (QED) is 0.397. The summed E-state index contributed by atoms with van der Waals surface area (Å²) < 4.78 is 20.7. The number of β-amino-alcohol motifs (C(OH)–C–C–N with tert-alkyl or cyclic N) is 1. The van der Waals surface area contributed by atoms with Gasteiger partial charge in [0, 0.05) is 24.0 Å². The van der Waals surface area contributed by atoms with E-state index in [0.29, 0.717) is 35.4 Å². The molecule has 10 heteroatoms. The maximum absolute atomic E-state index is 14.8. The fraction of sp³-hybridized carbons (Fsp3) is 0.483. The molecule has 1 aromatic carbocycles. The lowest BCUT2D eigenvalue weighted by molar-refractivity contribution is -0.133. The van der Waals surface area contributed by atoms with Gasteiger partial charge in [-0.15, -0.1) is 11.3 Å². The Morgan fingerprint density at radius 2 is 2.00 bits per heavy atom. The van der Waals surface area contributed by atoms with E-state index >= 15 is 0 Å². The summed E-state index contributed by atoms with van der Waals surface area (Å²) in [6, 6.07) is 6.66. The molecule has 39 heavy (non-hydrogen) atoms. The van der Waals surface area contributed by atoms with Gasteiger partial charge < -0.3 is 19.6 Å². The van der Waals surface area contributed by atoms with Gasteiger partial charge in [0.2, 0.25) is 11.9 Å². The number of thiophene rings is 1. The van der Waals surface area contributed by atoms with Crippen molar-refractivity contribution in [3.8, 4) is 5.75 Å². The predicted molar refractivity (Wildman–Crippen MR) is 148 cm³/mol. The van der Waals surface area contributed by atoms with Crippen LogP contribution in [0.5, 0.6) is 5.75 Å². The third-order valence-electron chi connectivity index (χ3n) is 8.35. The van der Waals surface area contributed by atoms with Crippen molar-refractivity contribution in [2.45, 2.75) is 44.8 Å². The molecular formula is C29H32ClFN4O3S. The summed E-state index contributed by atoms with van der Waals surface area (Å²) in [6.07, 6.45) is 7.06. The number of aromatic nitrogens is 2. The summed E-state index contributed by atoms with van der Waals surface area (Å²) in [5.74, 6) is 2.75. The van der Waals surface area contributed by atoms with Gasteiger partial charge in [0.1, 0.15) is 11.6 Å². The van der Waals surface area contributed by atoms with Crippen molar-refractivity contribution in [3.63, 3.8) is 0 Å². The second kappa shape index (κ2) is 11.4. The minimum Gasteiger partial charge on any atom is -0.493 e. The van der Waals surface area contributed by atoms with Gasteiger partial charge in [-0.2, -0.15) is 0 Å². The van der Waals surface area contributed by atoms with E-state index < -0.39 is 11.9 Å². The van der Waals surface area contributed by atoms with Crippen molar-refractivity contribution in [1.29, 1.82) is 0 Å². The van der Waals surface area contributed by atoms with Gasteiger partial charge in [-0.25, -0.2) is 14.4 Å². The van der Waals surface area contributed by atoms with Crippen LogP contribution in [0.4, 0.5) is 10.3 Å². The number of aliphatic hydroxyl groups excluding tert-OH is 1. The largest absolute Gasteiger partial charge is 0.493 e. The van der Waals surface area contributed by atoms with Gasteiger partial charge in [-0.3, -0.25) is 4.79 Å². The zero-order valence-electron chi connectivity index (χ0n) is 21.6. The third-order valence-corrected chi connectivity index (χ3v) is 9.47. The molecule has 0 spiro atoms. The Balaban J connectivity index is 0.929. The molecule has 7 nitrogen and oxygen atoms in total. The highest BCUT2D eigenvalue weighted by Crippen LogP contribution is 2.50. The van der Waals surface area contributed by atoms with E-state index in [0.717, 1.165) is 60.6 Å². The van der Waals surface area contributed by atoms with Crippen molar-refractivity contribution in [3.05, 3.63) is 68.9 Å². The number of carbonyl (C=O) groups is 1. The Morgan fingerprint density at radius 1 is 1.21 bits per heavy atom. The van der Waals surface area contributed by atoms with Crippen molar-refractivity contribution in [2.24, 2.45) is 17.8 Å². The molecule has 3 aliphatic rings. The second-order valence-corrected chi connectivity index (χ2v) is 12.3. The molecule has 1 saturated carbocycles. The molecule has 2 aliphatic heterocycles. The second-order valence-electron chi connectivity index (χ2n) is 10.8. The van der Waals surface area contributed by atoms with Gasteiger partial charge in [-0.05, 0) is 72.1 Å². The van der Waals surface area contributed by atoms with E-state index in [1.54, 1.807) is 29.4 Å². The lowest BCUT2D eigenvalue weighted by atomic mass is 9.90. The minimum absolute atomic E-state index is 0.0355. The first-order chi connectivity index (χ1) is 18.9. The van der Waals surface area contributed by atoms with E-state index in [2.05, 4.69) is 14.9 Å². The molecular weight excluding hydrogens is 539 g/mol. The topological polar surface area (TPSA) is 78.8 Å². The molecule has 6 rings (SSSR count). The van der Waals surface area contributed by atoms with E-state index in [-0.39, 0.29) is 18.9 Å². The molecule has 0 bridgehead atoms. The Kier molecular flexibility index (Phi) is 7.73. The monoisotopic (exact) mass is 570 g/mol. The summed E-state index contributed by atoms with van der Waals surface area (Å²) >= 11 is 7.43. The molecule has 1 N–H and O–H groups in total. The van der Waals surface area contributed by atoms with E-state index in [9.17, 15) is 14.3 Å². The van der Waals surface area contributed by atoms with Crippen LogP contribution in [0.1, 0.15) is 47.8 Å². The number of halogens is 2. The molecule has 1 aliphatic carbocycles. The highest BCUT2D eigenvalue weighted by molar-refractivity contribution is 7.10. The standard InChI is InChI=1S/C29H32ClFN4O3S/c30-21-14-32-29(33-15-21)34-7-3-18(4-8-34)24-11-19(24)5-9-38-22-2-1-20(25(31)13-22)12-28(37)35-16-26(36)23-6-10-39-27(23)17-35/h1-2,6,10,13-15,18-19,24,26,36H,3-5,7-9,11-12,16-17H2/t19-,24?,26?/m1/s1. The lowest BCUT2D eigenvalue weighted by Crippen LogP contribution is -2.38. The zero-order chi connectivity index (χ0) is 26.9. The van der Waals surface area contributed by atoms with Crippen LogP contribution < -0.4 is 9.64 Å². The van der Waals surface area contributed by atoms with Gasteiger partial charge in [0.25, 0.3) is 0 Å². The van der Waals surface area contributed by atoms with Gasteiger partial charge >= 0.3 is 0 Å². The molecule has 1 amide bonds. The van der Waals surface area contributed by atoms with Gasteiger partial charge in [0.15, 0.2) is 0 Å². The first kappa shape index (κ1) is 26.5. The molecule has 0 radical (unpaired) electrons. The van der Waals surface area contributed by atoms with Gasteiger partial charge in [-0.1, -0.05) is 17.7 Å². The smallest absolute Gasteiger partial charge is 0.227 e. The maximum Gasteiger partial charge on any atom is 0.227 e. The highest BCUT2D eigenvalue weighted by Gasteiger charge is 2.43. The average Bonchev–Trinajstić information content (AvgIpc) is 3.54. The van der Waals surface area contributed by atoms with Crippen molar-refractivity contribution < 1.29 is 19.0 Å². The summed E-state index contributed by atoms with van der Waals surface area (Å²) in [4.78, 5) is 26.3. The molecule has 1 saturated heterocycles. The van der Waals surface area contributed by atoms with E-state index in [1.807, 2.05) is 11.4 Å². The number of ether oxygens (including phenoxy) is 1. The summed E-state index contributed by atoms with van der Waals surface area (Å²) in [6.45, 7) is 3.19. The number of carbonyl (C=O) groups excluding carboxylic acids is 1. The minimum atomic E-state index is -0.688. The van der Waals surface area contributed by atoms with Crippen LogP contribution in [0.2, 0.25) is 5.02 Å². The number of amides is 1. The number of fused-ring (bicyclic) bond motifs is 1. The highest BCUT2D eigenvalue weighted by atomic mass is 35.5. The first-order valence-electron chi connectivity index (χ1n) is 13.6. The Labute approximate surface area is 236 Å². The number of nitrogens with zero attached hydrogens (tertiary/aromatic N) is 4. The fourth-order valence-electron chi connectivity index (χ4n) is 6.05. The number of hydrogen-bond acceptors (Lipinski definition) is 7. The zero-order valence-corrected chi connectivity index (χ0v) is 23.2. The molecule has 2 fully saturated rings. The lowest BCUT2D eigenvalue weighted by Gasteiger charge is -2.32. The molecule has 2 aromatic heterocycles. The summed E-state index contributed by atoms with van der Waals surface area (Å²) in [7, 11) is 0. The van der Waals surface area contributed by atoms with E-state index in [1.165, 1.54) is 23.8 Å². The molecule has 2 unspecified atom stereocenters. The summed E-state index contributed by atoms with van der Waals surface area (Å²) in [5, 5.41) is 12.8. The predicted octanol–water partition coefficient (Wildman–Crippen LogP) is 5.27. The Hall–Kier alpha value is -2.75. The Morgan fingerprint density at radius 3 is 2.77 bits per heavy atom.